The molecule has 0 bridgehead atoms. The largest absolute Gasteiger partial charge is 0.477 e. The molecule has 164 valence electrons. The van der Waals surface area contributed by atoms with E-state index in [1.54, 1.807) is 25.7 Å². The number of rotatable bonds is 5. The summed E-state index contributed by atoms with van der Waals surface area (Å²) in [7, 11) is 0. The highest BCUT2D eigenvalue weighted by Crippen LogP contribution is 2.25. The number of pyridine rings is 2. The van der Waals surface area contributed by atoms with Crippen LogP contribution >= 0.6 is 0 Å². The number of nitriles is 1. The lowest BCUT2D eigenvalue weighted by Crippen LogP contribution is -2.60. The molecule has 0 spiro atoms. The van der Waals surface area contributed by atoms with Gasteiger partial charge in [0.1, 0.15) is 16.8 Å². The standard InChI is InChI=1S/C20H22FN5O5/c1-20(2,3)31-19(30)23-11-8-26(9-11)17-14(21)7-12-15(27)13(18(28)29)10-25(6-4-5-22)16(12)24-17/h7,10-11H,4,6,8-9H2,1-3H3,(H,23,30)(H,28,29). The Labute approximate surface area is 176 Å². The molecule has 0 radical (unpaired) electrons. The summed E-state index contributed by atoms with van der Waals surface area (Å²) in [5.41, 5.74) is -1.92. The lowest BCUT2D eigenvalue weighted by molar-refractivity contribution is 0.0495. The number of aryl methyl sites for hydroxylation is 1. The zero-order valence-electron chi connectivity index (χ0n) is 17.3. The molecule has 1 amide bonds. The van der Waals surface area contributed by atoms with Crippen LogP contribution in [0.15, 0.2) is 17.1 Å². The van der Waals surface area contributed by atoms with Crippen LogP contribution in [0, 0.1) is 17.1 Å². The molecule has 0 atom stereocenters. The van der Waals surface area contributed by atoms with Crippen molar-refractivity contribution >= 4 is 28.9 Å². The number of carboxylic acid groups (broad SMARTS) is 1. The first-order valence-corrected chi connectivity index (χ1v) is 9.58. The number of halogens is 1. The second kappa shape index (κ2) is 8.22. The van der Waals surface area contributed by atoms with E-state index in [2.05, 4.69) is 10.3 Å². The smallest absolute Gasteiger partial charge is 0.407 e. The molecule has 1 aliphatic heterocycles. The molecule has 1 saturated heterocycles. The molecule has 0 unspecified atom stereocenters. The number of nitrogens with one attached hydrogen (secondary N) is 1. The monoisotopic (exact) mass is 431 g/mol. The van der Waals surface area contributed by atoms with Crippen molar-refractivity contribution in [3.8, 4) is 6.07 Å². The maximum absolute atomic E-state index is 14.7. The van der Waals surface area contributed by atoms with Gasteiger partial charge in [-0.05, 0) is 26.8 Å². The highest BCUT2D eigenvalue weighted by Gasteiger charge is 2.33. The minimum atomic E-state index is -1.44. The maximum atomic E-state index is 14.7. The van der Waals surface area contributed by atoms with Gasteiger partial charge in [0.05, 0.1) is 23.9 Å². The normalized spacial score (nSPS) is 14.1. The summed E-state index contributed by atoms with van der Waals surface area (Å²) in [6.07, 6.45) is 0.592. The Bertz CT molecular complexity index is 1140. The summed E-state index contributed by atoms with van der Waals surface area (Å²) in [4.78, 5) is 41.5. The van der Waals surface area contributed by atoms with Crippen molar-refractivity contribution < 1.29 is 23.8 Å². The predicted octanol–water partition coefficient (Wildman–Crippen LogP) is 1.86. The molecule has 2 N–H and O–H groups in total. The number of alkyl carbamates (subject to hydrolysis) is 1. The van der Waals surface area contributed by atoms with Crippen molar-refractivity contribution in [3.05, 3.63) is 33.9 Å². The van der Waals surface area contributed by atoms with Crippen LogP contribution in [0.2, 0.25) is 0 Å². The molecule has 10 nitrogen and oxygen atoms in total. The number of anilines is 1. The number of nitrogens with zero attached hydrogens (tertiary/aromatic N) is 4. The number of carboxylic acids is 1. The fourth-order valence-corrected chi connectivity index (χ4v) is 3.21. The second-order valence-electron chi connectivity index (χ2n) is 8.19. The van der Waals surface area contributed by atoms with E-state index >= 15 is 0 Å². The summed E-state index contributed by atoms with van der Waals surface area (Å²) in [5, 5.41) is 20.6. The zero-order valence-corrected chi connectivity index (χ0v) is 17.3. The lowest BCUT2D eigenvalue weighted by atomic mass is 10.1. The zero-order chi connectivity index (χ0) is 22.9. The summed E-state index contributed by atoms with van der Waals surface area (Å²) in [6, 6.07) is 2.64. The third kappa shape index (κ3) is 4.74. The van der Waals surface area contributed by atoms with Gasteiger partial charge in [-0.25, -0.2) is 19.0 Å². The molecule has 1 fully saturated rings. The number of amides is 1. The van der Waals surface area contributed by atoms with Gasteiger partial charge >= 0.3 is 12.1 Å². The predicted molar refractivity (Wildman–Crippen MR) is 109 cm³/mol. The molecule has 11 heteroatoms. The minimum Gasteiger partial charge on any atom is -0.477 e. The van der Waals surface area contributed by atoms with Crippen LogP contribution in [0.25, 0.3) is 11.0 Å². The first-order chi connectivity index (χ1) is 14.5. The fraction of sp³-hybridized carbons (Fsp3) is 0.450. The van der Waals surface area contributed by atoms with E-state index in [1.807, 2.05) is 6.07 Å². The molecule has 0 saturated carbocycles. The highest BCUT2D eigenvalue weighted by molar-refractivity contribution is 5.92. The van der Waals surface area contributed by atoms with Crippen LogP contribution in [-0.4, -0.2) is 51.5 Å². The molecule has 31 heavy (non-hydrogen) atoms. The summed E-state index contributed by atoms with van der Waals surface area (Å²) in [6.45, 7) is 5.89. The average Bonchev–Trinajstić information content (AvgIpc) is 2.62. The second-order valence-corrected chi connectivity index (χ2v) is 8.19. The van der Waals surface area contributed by atoms with E-state index in [9.17, 15) is 23.9 Å². The Morgan fingerprint density at radius 2 is 2.10 bits per heavy atom. The highest BCUT2D eigenvalue weighted by atomic mass is 19.1. The number of hydrogen-bond donors (Lipinski definition) is 2. The van der Waals surface area contributed by atoms with Crippen LogP contribution in [-0.2, 0) is 11.3 Å². The minimum absolute atomic E-state index is 0.0251. The van der Waals surface area contributed by atoms with E-state index < -0.39 is 34.5 Å². The van der Waals surface area contributed by atoms with Gasteiger partial charge in [0, 0.05) is 25.8 Å². The number of ether oxygens (including phenoxy) is 1. The van der Waals surface area contributed by atoms with Gasteiger partial charge in [0.25, 0.3) is 0 Å². The number of fused-ring (bicyclic) bond motifs is 1. The third-order valence-electron chi connectivity index (χ3n) is 4.58. The number of aromatic nitrogens is 2. The van der Waals surface area contributed by atoms with Gasteiger partial charge in [-0.2, -0.15) is 5.26 Å². The van der Waals surface area contributed by atoms with Gasteiger partial charge in [0.15, 0.2) is 11.6 Å². The van der Waals surface area contributed by atoms with Gasteiger partial charge in [0.2, 0.25) is 5.43 Å². The van der Waals surface area contributed by atoms with Crippen molar-refractivity contribution in [1.82, 2.24) is 14.9 Å². The molecular formula is C20H22FN5O5. The number of carbonyl (C=O) groups excluding carboxylic acids is 1. The van der Waals surface area contributed by atoms with Gasteiger partial charge in [-0.3, -0.25) is 4.79 Å². The number of carbonyl (C=O) groups is 2. The van der Waals surface area contributed by atoms with Gasteiger partial charge in [-0.1, -0.05) is 0 Å². The molecule has 0 aliphatic carbocycles. The molecule has 3 rings (SSSR count). The first-order valence-electron chi connectivity index (χ1n) is 9.58. The molecule has 2 aromatic heterocycles. The molecule has 1 aliphatic rings. The summed E-state index contributed by atoms with van der Waals surface area (Å²) < 4.78 is 21.3. The maximum Gasteiger partial charge on any atom is 0.407 e. The quantitative estimate of drug-likeness (QED) is 0.732. The van der Waals surface area contributed by atoms with Crippen LogP contribution in [0.1, 0.15) is 37.6 Å². The Balaban J connectivity index is 1.88. The van der Waals surface area contributed by atoms with Crippen LogP contribution in [0.3, 0.4) is 0 Å². The number of aromatic carboxylic acids is 1. The van der Waals surface area contributed by atoms with Crippen molar-refractivity contribution in [2.45, 2.75) is 45.4 Å². The van der Waals surface area contributed by atoms with E-state index in [0.29, 0.717) is 0 Å². The van der Waals surface area contributed by atoms with Crippen molar-refractivity contribution in [3.63, 3.8) is 0 Å². The first kappa shape index (κ1) is 22.0. The van der Waals surface area contributed by atoms with Crippen LogP contribution < -0.4 is 15.6 Å². The Morgan fingerprint density at radius 1 is 1.42 bits per heavy atom. The Hall–Kier alpha value is -3.68. The van der Waals surface area contributed by atoms with E-state index in [-0.39, 0.29) is 48.9 Å². The average molecular weight is 431 g/mol. The van der Waals surface area contributed by atoms with Gasteiger partial charge in [-0.15, -0.1) is 0 Å². The third-order valence-corrected chi connectivity index (χ3v) is 4.58. The van der Waals surface area contributed by atoms with Gasteiger partial charge < -0.3 is 24.6 Å². The van der Waals surface area contributed by atoms with Crippen molar-refractivity contribution in [2.75, 3.05) is 18.0 Å². The van der Waals surface area contributed by atoms with Crippen molar-refractivity contribution in [1.29, 1.82) is 5.26 Å². The summed E-state index contributed by atoms with van der Waals surface area (Å²) >= 11 is 0. The SMILES string of the molecule is CC(C)(C)OC(=O)NC1CN(c2nc3c(cc2F)c(=O)c(C(=O)O)cn3CCC#N)C1. The van der Waals surface area contributed by atoms with E-state index in [1.165, 1.54) is 4.57 Å². The molecular weight excluding hydrogens is 409 g/mol. The molecule has 3 heterocycles. The Morgan fingerprint density at radius 3 is 2.68 bits per heavy atom. The fourth-order valence-electron chi connectivity index (χ4n) is 3.21. The topological polar surface area (TPSA) is 138 Å². The molecule has 2 aromatic rings. The Kier molecular flexibility index (Phi) is 5.83. The number of hydrogen-bond acceptors (Lipinski definition) is 7. The lowest BCUT2D eigenvalue weighted by Gasteiger charge is -2.40. The summed E-state index contributed by atoms with van der Waals surface area (Å²) in [5.74, 6) is -2.25. The van der Waals surface area contributed by atoms with Crippen LogP contribution in [0.5, 0.6) is 0 Å². The van der Waals surface area contributed by atoms with Crippen molar-refractivity contribution in [2.24, 2.45) is 0 Å². The molecule has 0 aromatic carbocycles. The van der Waals surface area contributed by atoms with E-state index in [0.717, 1.165) is 12.3 Å². The van der Waals surface area contributed by atoms with Crippen LogP contribution in [0.4, 0.5) is 15.0 Å². The van der Waals surface area contributed by atoms with E-state index in [4.69, 9.17) is 10.00 Å².